The molecular weight excluding hydrogens is 658 g/mol. The van der Waals surface area contributed by atoms with E-state index in [9.17, 15) is 44.3 Å². The highest BCUT2D eigenvalue weighted by atomic mass is 19.4. The Morgan fingerprint density at radius 1 is 0.750 bits per heavy atom. The fraction of sp³-hybridized carbons (Fsp3) is 0.265. The number of carbonyl (C=O) groups excluding carboxylic acids is 1. The Morgan fingerprint density at radius 2 is 1.42 bits per heavy atom. The van der Waals surface area contributed by atoms with Crippen molar-refractivity contribution in [3.8, 4) is 5.75 Å². The molecule has 0 bridgehead atoms. The largest absolute Gasteiger partial charge is 0.499 e. The van der Waals surface area contributed by atoms with Gasteiger partial charge in [0.25, 0.3) is 5.91 Å². The molecule has 1 amide bonds. The van der Waals surface area contributed by atoms with Crippen LogP contribution in [0.1, 0.15) is 51.0 Å². The molecule has 0 heterocycles. The van der Waals surface area contributed by atoms with Gasteiger partial charge < -0.3 is 15.4 Å². The second-order valence-electron chi connectivity index (χ2n) is 11.3. The lowest BCUT2D eigenvalue weighted by Gasteiger charge is -2.37. The molecule has 1 saturated carbocycles. The van der Waals surface area contributed by atoms with Crippen molar-refractivity contribution in [2.45, 2.75) is 55.8 Å². The van der Waals surface area contributed by atoms with Crippen molar-refractivity contribution in [3.05, 3.63) is 136 Å². The lowest BCUT2D eigenvalue weighted by Crippen LogP contribution is -2.49. The predicted molar refractivity (Wildman–Crippen MR) is 154 cm³/mol. The number of amides is 1. The summed E-state index contributed by atoms with van der Waals surface area (Å²) in [5.41, 5.74) is -3.78. The van der Waals surface area contributed by atoms with Gasteiger partial charge in [0.05, 0.1) is 11.1 Å². The van der Waals surface area contributed by atoms with Crippen LogP contribution in [0, 0.1) is 11.6 Å². The second-order valence-corrected chi connectivity index (χ2v) is 11.3. The second kappa shape index (κ2) is 13.1. The predicted octanol–water partition coefficient (Wildman–Crippen LogP) is 8.69. The monoisotopic (exact) mass is 684 g/mol. The Labute approximate surface area is 267 Å². The molecule has 1 aliphatic carbocycles. The van der Waals surface area contributed by atoms with E-state index < -0.39 is 58.4 Å². The van der Waals surface area contributed by atoms with Crippen LogP contribution in [0.5, 0.6) is 5.75 Å². The SMILES string of the molecule is O=C(N[C@@](Cc1ccccc1)(c1cccc(OC(F)(F)C(F)(F)F)c1)c1ccc(F)c(CNC2CC2)c1)c1ccc(F)c(C(F)(F)F)c1. The number of carbonyl (C=O) groups is 1. The van der Waals surface area contributed by atoms with Crippen LogP contribution in [0.15, 0.2) is 91.0 Å². The van der Waals surface area contributed by atoms with Crippen LogP contribution in [0.4, 0.5) is 43.9 Å². The molecule has 254 valence electrons. The van der Waals surface area contributed by atoms with E-state index in [0.29, 0.717) is 11.6 Å². The van der Waals surface area contributed by atoms with E-state index in [-0.39, 0.29) is 41.8 Å². The summed E-state index contributed by atoms with van der Waals surface area (Å²) in [5, 5.41) is 5.78. The zero-order chi connectivity index (χ0) is 34.9. The van der Waals surface area contributed by atoms with E-state index in [1.807, 2.05) is 0 Å². The molecule has 48 heavy (non-hydrogen) atoms. The number of ether oxygens (including phenoxy) is 1. The normalized spacial score (nSPS) is 15.1. The maximum atomic E-state index is 15.1. The third kappa shape index (κ3) is 7.75. The van der Waals surface area contributed by atoms with Crippen LogP contribution >= 0.6 is 0 Å². The zero-order valence-corrected chi connectivity index (χ0v) is 24.7. The van der Waals surface area contributed by atoms with Crippen molar-refractivity contribution in [3.63, 3.8) is 0 Å². The van der Waals surface area contributed by atoms with Gasteiger partial charge in [0.2, 0.25) is 0 Å². The number of rotatable bonds is 11. The highest BCUT2D eigenvalue weighted by Gasteiger charge is 2.61. The molecule has 0 radical (unpaired) electrons. The molecule has 0 spiro atoms. The fourth-order valence-corrected chi connectivity index (χ4v) is 5.16. The maximum Gasteiger partial charge on any atom is 0.499 e. The standard InChI is InChI=1S/C34H26F10N2O2/c35-28-14-10-24(15-22(28)19-45-25-11-12-25)31(18-20-5-2-1-3-6-20,23-7-4-8-26(17-23)48-34(43,44)33(40,41)42)46-30(47)21-9-13-29(36)27(16-21)32(37,38)39/h1-10,13-17,25,45H,11-12,18-19H2,(H,46,47)/t31-/m0/s1. The molecule has 4 aromatic rings. The molecule has 0 aromatic heterocycles. The highest BCUT2D eigenvalue weighted by molar-refractivity contribution is 5.95. The topological polar surface area (TPSA) is 50.4 Å². The minimum absolute atomic E-state index is 0.0353. The zero-order valence-electron chi connectivity index (χ0n) is 24.7. The molecule has 4 aromatic carbocycles. The highest BCUT2D eigenvalue weighted by Crippen LogP contribution is 2.41. The average molecular weight is 685 g/mol. The Hall–Kier alpha value is -4.59. The van der Waals surface area contributed by atoms with Gasteiger partial charge in [-0.05, 0) is 72.0 Å². The molecule has 0 unspecified atom stereocenters. The molecule has 1 fully saturated rings. The van der Waals surface area contributed by atoms with Crippen LogP contribution in [0.25, 0.3) is 0 Å². The molecule has 5 rings (SSSR count). The van der Waals surface area contributed by atoms with Crippen LogP contribution in [-0.4, -0.2) is 24.2 Å². The summed E-state index contributed by atoms with van der Waals surface area (Å²) in [6.07, 6.45) is -15.4. The van der Waals surface area contributed by atoms with Crippen molar-refractivity contribution in [2.24, 2.45) is 0 Å². The Balaban J connectivity index is 1.70. The van der Waals surface area contributed by atoms with Crippen LogP contribution in [0.3, 0.4) is 0 Å². The minimum atomic E-state index is -6.09. The summed E-state index contributed by atoms with van der Waals surface area (Å²) >= 11 is 0. The van der Waals surface area contributed by atoms with E-state index in [2.05, 4.69) is 15.4 Å². The summed E-state index contributed by atoms with van der Waals surface area (Å²) in [4.78, 5) is 13.8. The molecule has 4 nitrogen and oxygen atoms in total. The van der Waals surface area contributed by atoms with Crippen LogP contribution in [-0.2, 0) is 24.7 Å². The van der Waals surface area contributed by atoms with Gasteiger partial charge in [-0.2, -0.15) is 35.1 Å². The van der Waals surface area contributed by atoms with E-state index in [1.54, 1.807) is 30.3 Å². The van der Waals surface area contributed by atoms with E-state index in [0.717, 1.165) is 43.2 Å². The number of halogens is 10. The first-order valence-corrected chi connectivity index (χ1v) is 14.5. The average Bonchev–Trinajstić information content (AvgIpc) is 3.84. The summed E-state index contributed by atoms with van der Waals surface area (Å²) in [7, 11) is 0. The van der Waals surface area contributed by atoms with Crippen molar-refractivity contribution < 1.29 is 53.4 Å². The molecule has 2 N–H and O–H groups in total. The van der Waals surface area contributed by atoms with Crippen LogP contribution in [0.2, 0.25) is 0 Å². The van der Waals surface area contributed by atoms with E-state index in [4.69, 9.17) is 0 Å². The van der Waals surface area contributed by atoms with Gasteiger partial charge in [0.15, 0.2) is 0 Å². The summed E-state index contributed by atoms with van der Waals surface area (Å²) in [5.74, 6) is -4.44. The van der Waals surface area contributed by atoms with E-state index in [1.165, 1.54) is 18.2 Å². The molecule has 1 atom stereocenters. The first-order chi connectivity index (χ1) is 22.5. The first-order valence-electron chi connectivity index (χ1n) is 14.5. The number of benzene rings is 4. The van der Waals surface area contributed by atoms with Crippen LogP contribution < -0.4 is 15.4 Å². The lowest BCUT2D eigenvalue weighted by atomic mass is 9.77. The third-order valence-corrected chi connectivity index (χ3v) is 7.77. The van der Waals surface area contributed by atoms with Gasteiger partial charge in [-0.25, -0.2) is 8.78 Å². The molecule has 0 aliphatic heterocycles. The minimum Gasteiger partial charge on any atom is -0.426 e. The van der Waals surface area contributed by atoms with Gasteiger partial charge >= 0.3 is 18.5 Å². The van der Waals surface area contributed by atoms with Gasteiger partial charge in [-0.15, -0.1) is 0 Å². The number of alkyl halides is 8. The van der Waals surface area contributed by atoms with Gasteiger partial charge in [-0.3, -0.25) is 4.79 Å². The Bertz CT molecular complexity index is 1770. The molecule has 1 aliphatic rings. The number of hydrogen-bond acceptors (Lipinski definition) is 3. The quantitative estimate of drug-likeness (QED) is 0.156. The van der Waals surface area contributed by atoms with Crippen molar-refractivity contribution >= 4 is 5.91 Å². The summed E-state index contributed by atoms with van der Waals surface area (Å²) in [6.45, 7) is 0.0353. The van der Waals surface area contributed by atoms with Gasteiger partial charge in [-0.1, -0.05) is 48.5 Å². The lowest BCUT2D eigenvalue weighted by molar-refractivity contribution is -0.360. The van der Waals surface area contributed by atoms with Crippen molar-refractivity contribution in [1.29, 1.82) is 0 Å². The summed E-state index contributed by atoms with van der Waals surface area (Å²) in [6, 6.07) is 17.5. The van der Waals surface area contributed by atoms with Crippen molar-refractivity contribution in [1.82, 2.24) is 10.6 Å². The number of hydrogen-bond donors (Lipinski definition) is 2. The molecular formula is C34H26F10N2O2. The van der Waals surface area contributed by atoms with Gasteiger partial charge in [0.1, 0.15) is 17.4 Å². The molecule has 14 heteroatoms. The van der Waals surface area contributed by atoms with Crippen molar-refractivity contribution in [2.75, 3.05) is 0 Å². The first kappa shape index (κ1) is 34.7. The summed E-state index contributed by atoms with van der Waals surface area (Å²) < 4.78 is 141. The Kier molecular flexibility index (Phi) is 9.51. The fourth-order valence-electron chi connectivity index (χ4n) is 5.16. The molecule has 0 saturated heterocycles. The third-order valence-electron chi connectivity index (χ3n) is 7.77. The van der Waals surface area contributed by atoms with E-state index >= 15 is 4.39 Å². The maximum absolute atomic E-state index is 15.1. The smallest absolute Gasteiger partial charge is 0.426 e. The Morgan fingerprint density at radius 3 is 2.06 bits per heavy atom. The van der Waals surface area contributed by atoms with Gasteiger partial charge in [0, 0.05) is 30.1 Å². The number of nitrogens with one attached hydrogen (secondary N) is 2.